The van der Waals surface area contributed by atoms with E-state index in [1.54, 1.807) is 17.0 Å². The average Bonchev–Trinajstić information content (AvgIpc) is 3.30. The Balaban J connectivity index is 1.36. The molecule has 3 aromatic rings. The molecule has 0 fully saturated rings. The molecule has 6 nitrogen and oxygen atoms in total. The van der Waals surface area contributed by atoms with Crippen molar-refractivity contribution in [1.82, 2.24) is 4.90 Å². The van der Waals surface area contributed by atoms with Gasteiger partial charge in [-0.15, -0.1) is 0 Å². The van der Waals surface area contributed by atoms with Crippen molar-refractivity contribution >= 4 is 17.5 Å². The quantitative estimate of drug-likeness (QED) is 0.584. The average molecular weight is 431 g/mol. The highest BCUT2D eigenvalue weighted by atomic mass is 16.7. The van der Waals surface area contributed by atoms with E-state index < -0.39 is 0 Å². The summed E-state index contributed by atoms with van der Waals surface area (Å²) in [5.74, 6) is 1.36. The minimum Gasteiger partial charge on any atom is -0.454 e. The Morgan fingerprint density at radius 2 is 1.75 bits per heavy atom. The predicted octanol–water partition coefficient (Wildman–Crippen LogP) is 4.82. The number of amides is 2. The van der Waals surface area contributed by atoms with Crippen LogP contribution in [0.2, 0.25) is 0 Å². The summed E-state index contributed by atoms with van der Waals surface area (Å²) in [4.78, 5) is 27.0. The second kappa shape index (κ2) is 9.56. The Kier molecular flexibility index (Phi) is 6.40. The molecule has 1 N–H and O–H groups in total. The SMILES string of the molecule is C[C@@H](c1cccc(NC(=O)c2ccccc2)c1)N(C)C(=O)CCc1ccc2c(c1)OCO2. The molecule has 0 spiro atoms. The monoisotopic (exact) mass is 430 g/mol. The smallest absolute Gasteiger partial charge is 0.255 e. The molecule has 0 bridgehead atoms. The van der Waals surface area contributed by atoms with E-state index in [1.165, 1.54) is 0 Å². The zero-order valence-electron chi connectivity index (χ0n) is 18.2. The lowest BCUT2D eigenvalue weighted by atomic mass is 10.0. The molecule has 0 aromatic heterocycles. The maximum atomic E-state index is 12.8. The topological polar surface area (TPSA) is 67.9 Å². The van der Waals surface area contributed by atoms with E-state index in [-0.39, 0.29) is 24.6 Å². The van der Waals surface area contributed by atoms with Crippen molar-refractivity contribution in [3.63, 3.8) is 0 Å². The fourth-order valence-electron chi connectivity index (χ4n) is 3.63. The molecule has 0 unspecified atom stereocenters. The molecule has 1 aliphatic heterocycles. The van der Waals surface area contributed by atoms with Gasteiger partial charge in [0.15, 0.2) is 11.5 Å². The number of fused-ring (bicyclic) bond motifs is 1. The van der Waals surface area contributed by atoms with Gasteiger partial charge in [0.1, 0.15) is 0 Å². The van der Waals surface area contributed by atoms with E-state index in [4.69, 9.17) is 9.47 Å². The minimum atomic E-state index is -0.163. The molecule has 1 atom stereocenters. The molecule has 0 aliphatic carbocycles. The summed E-state index contributed by atoms with van der Waals surface area (Å²) in [6.45, 7) is 2.22. The van der Waals surface area contributed by atoms with E-state index in [0.29, 0.717) is 24.1 Å². The first-order valence-corrected chi connectivity index (χ1v) is 10.6. The lowest BCUT2D eigenvalue weighted by molar-refractivity contribution is -0.131. The molecule has 1 heterocycles. The van der Waals surface area contributed by atoms with Crippen LogP contribution in [0.15, 0.2) is 72.8 Å². The van der Waals surface area contributed by atoms with Gasteiger partial charge in [-0.1, -0.05) is 36.4 Å². The number of aryl methyl sites for hydroxylation is 1. The molecular formula is C26H26N2O4. The van der Waals surface area contributed by atoms with Crippen LogP contribution in [-0.4, -0.2) is 30.6 Å². The fourth-order valence-corrected chi connectivity index (χ4v) is 3.63. The van der Waals surface area contributed by atoms with Gasteiger partial charge in [0.2, 0.25) is 12.7 Å². The summed E-state index contributed by atoms with van der Waals surface area (Å²) in [6.07, 6.45) is 1.02. The van der Waals surface area contributed by atoms with Crippen LogP contribution in [0.1, 0.15) is 40.9 Å². The van der Waals surface area contributed by atoms with Crippen LogP contribution in [-0.2, 0) is 11.2 Å². The van der Waals surface area contributed by atoms with Gasteiger partial charge in [-0.3, -0.25) is 9.59 Å². The lowest BCUT2D eigenvalue weighted by Crippen LogP contribution is -2.29. The highest BCUT2D eigenvalue weighted by Crippen LogP contribution is 2.33. The Labute approximate surface area is 187 Å². The van der Waals surface area contributed by atoms with Crippen molar-refractivity contribution in [3.05, 3.63) is 89.5 Å². The van der Waals surface area contributed by atoms with Crippen LogP contribution in [0.3, 0.4) is 0 Å². The van der Waals surface area contributed by atoms with E-state index in [0.717, 1.165) is 22.6 Å². The molecule has 0 radical (unpaired) electrons. The number of carbonyl (C=O) groups is 2. The van der Waals surface area contributed by atoms with Gasteiger partial charge >= 0.3 is 0 Å². The third-order valence-corrected chi connectivity index (χ3v) is 5.70. The number of hydrogen-bond acceptors (Lipinski definition) is 4. The molecular weight excluding hydrogens is 404 g/mol. The Bertz CT molecular complexity index is 1110. The van der Waals surface area contributed by atoms with Crippen LogP contribution in [0.5, 0.6) is 11.5 Å². The largest absolute Gasteiger partial charge is 0.454 e. The number of anilines is 1. The summed E-state index contributed by atoms with van der Waals surface area (Å²) < 4.78 is 10.7. The van der Waals surface area contributed by atoms with Crippen molar-refractivity contribution in [1.29, 1.82) is 0 Å². The molecule has 1 aliphatic rings. The Morgan fingerprint density at radius 1 is 0.969 bits per heavy atom. The number of ether oxygens (including phenoxy) is 2. The first-order valence-electron chi connectivity index (χ1n) is 10.6. The number of hydrogen-bond donors (Lipinski definition) is 1. The van der Waals surface area contributed by atoms with Gasteiger partial charge < -0.3 is 19.7 Å². The van der Waals surface area contributed by atoms with Crippen molar-refractivity contribution in [2.45, 2.75) is 25.8 Å². The van der Waals surface area contributed by atoms with Crippen LogP contribution in [0, 0.1) is 0 Å². The van der Waals surface area contributed by atoms with Gasteiger partial charge in [-0.25, -0.2) is 0 Å². The maximum absolute atomic E-state index is 12.8. The second-order valence-electron chi connectivity index (χ2n) is 7.81. The zero-order chi connectivity index (χ0) is 22.5. The Morgan fingerprint density at radius 3 is 2.56 bits per heavy atom. The third kappa shape index (κ3) is 4.91. The summed E-state index contributed by atoms with van der Waals surface area (Å²) in [6, 6.07) is 22.3. The molecule has 164 valence electrons. The molecule has 32 heavy (non-hydrogen) atoms. The van der Waals surface area contributed by atoms with Crippen molar-refractivity contribution in [2.75, 3.05) is 19.2 Å². The van der Waals surface area contributed by atoms with Crippen molar-refractivity contribution < 1.29 is 19.1 Å². The second-order valence-corrected chi connectivity index (χ2v) is 7.81. The number of nitrogens with zero attached hydrogens (tertiary/aromatic N) is 1. The van der Waals surface area contributed by atoms with Crippen molar-refractivity contribution in [2.24, 2.45) is 0 Å². The molecule has 6 heteroatoms. The minimum absolute atomic E-state index is 0.0499. The molecule has 0 saturated heterocycles. The van der Waals surface area contributed by atoms with Gasteiger partial charge in [0.05, 0.1) is 6.04 Å². The first kappa shape index (κ1) is 21.4. The molecule has 2 amide bonds. The van der Waals surface area contributed by atoms with Gasteiger partial charge in [-0.05, 0) is 60.9 Å². The first-order chi connectivity index (χ1) is 15.5. The van der Waals surface area contributed by atoms with Gasteiger partial charge in [-0.2, -0.15) is 0 Å². The maximum Gasteiger partial charge on any atom is 0.255 e. The number of carbonyl (C=O) groups excluding carboxylic acids is 2. The van der Waals surface area contributed by atoms with Crippen molar-refractivity contribution in [3.8, 4) is 11.5 Å². The highest BCUT2D eigenvalue weighted by molar-refractivity contribution is 6.04. The highest BCUT2D eigenvalue weighted by Gasteiger charge is 2.19. The third-order valence-electron chi connectivity index (χ3n) is 5.70. The number of rotatable bonds is 7. The number of benzene rings is 3. The summed E-state index contributed by atoms with van der Waals surface area (Å²) >= 11 is 0. The van der Waals surface area contributed by atoms with Crippen LogP contribution < -0.4 is 14.8 Å². The van der Waals surface area contributed by atoms with E-state index in [1.807, 2.05) is 74.6 Å². The Hall–Kier alpha value is -3.80. The molecule has 4 rings (SSSR count). The molecule has 3 aromatic carbocycles. The van der Waals surface area contributed by atoms with Gasteiger partial charge in [0, 0.05) is 24.7 Å². The summed E-state index contributed by atoms with van der Waals surface area (Å²) in [7, 11) is 1.81. The van der Waals surface area contributed by atoms with E-state index in [2.05, 4.69) is 5.32 Å². The standard InChI is InChI=1S/C26H26N2O4/c1-18(21-9-6-10-22(16-21)27-26(30)20-7-4-3-5-8-20)28(2)25(29)14-12-19-11-13-23-24(15-19)32-17-31-23/h3-11,13,15-16,18H,12,14,17H2,1-2H3,(H,27,30)/t18-/m0/s1. The lowest BCUT2D eigenvalue weighted by Gasteiger charge is -2.26. The predicted molar refractivity (Wildman–Crippen MR) is 123 cm³/mol. The zero-order valence-corrected chi connectivity index (χ0v) is 18.2. The van der Waals surface area contributed by atoms with Gasteiger partial charge in [0.25, 0.3) is 5.91 Å². The fraction of sp³-hybridized carbons (Fsp3) is 0.231. The number of nitrogens with one attached hydrogen (secondary N) is 1. The van der Waals surface area contributed by atoms with Crippen LogP contribution >= 0.6 is 0 Å². The van der Waals surface area contributed by atoms with Crippen LogP contribution in [0.4, 0.5) is 5.69 Å². The summed E-state index contributed by atoms with van der Waals surface area (Å²) in [5, 5.41) is 2.92. The molecule has 0 saturated carbocycles. The van der Waals surface area contributed by atoms with Crippen LogP contribution in [0.25, 0.3) is 0 Å². The van der Waals surface area contributed by atoms with E-state index in [9.17, 15) is 9.59 Å². The van der Waals surface area contributed by atoms with E-state index >= 15 is 0 Å². The normalized spacial score (nSPS) is 12.8. The summed E-state index contributed by atoms with van der Waals surface area (Å²) in [5.41, 5.74) is 3.29.